The van der Waals surface area contributed by atoms with Gasteiger partial charge in [0.2, 0.25) is 5.91 Å². The minimum atomic E-state index is -0.382. The third-order valence-corrected chi connectivity index (χ3v) is 2.98. The first-order chi connectivity index (χ1) is 10.7. The van der Waals surface area contributed by atoms with Crippen LogP contribution in [-0.2, 0) is 11.4 Å². The van der Waals surface area contributed by atoms with E-state index in [4.69, 9.17) is 4.74 Å². The van der Waals surface area contributed by atoms with Crippen molar-refractivity contribution in [2.75, 3.05) is 0 Å². The van der Waals surface area contributed by atoms with Gasteiger partial charge < -0.3 is 4.74 Å². The van der Waals surface area contributed by atoms with Gasteiger partial charge in [0, 0.05) is 12.0 Å². The van der Waals surface area contributed by atoms with Crippen LogP contribution in [0.25, 0.3) is 0 Å². The van der Waals surface area contributed by atoms with E-state index in [1.165, 1.54) is 0 Å². The summed E-state index contributed by atoms with van der Waals surface area (Å²) in [5, 5.41) is 0. The molecule has 5 nitrogen and oxygen atoms in total. The molecule has 0 aliphatic carbocycles. The molecule has 0 aliphatic heterocycles. The van der Waals surface area contributed by atoms with E-state index in [1.54, 1.807) is 31.2 Å². The zero-order chi connectivity index (χ0) is 15.8. The van der Waals surface area contributed by atoms with E-state index in [0.717, 1.165) is 5.56 Å². The number of nitrogens with one attached hydrogen (secondary N) is 2. The second kappa shape index (κ2) is 7.83. The molecule has 0 aromatic heterocycles. The highest BCUT2D eigenvalue weighted by Gasteiger charge is 2.07. The van der Waals surface area contributed by atoms with Crippen LogP contribution in [0.3, 0.4) is 0 Å². The molecule has 22 heavy (non-hydrogen) atoms. The van der Waals surface area contributed by atoms with Gasteiger partial charge in [-0.15, -0.1) is 0 Å². The highest BCUT2D eigenvalue weighted by Crippen LogP contribution is 2.15. The molecule has 0 atom stereocenters. The van der Waals surface area contributed by atoms with Crippen molar-refractivity contribution in [3.63, 3.8) is 0 Å². The first-order valence-electron chi connectivity index (χ1n) is 7.05. The highest BCUT2D eigenvalue weighted by molar-refractivity contribution is 5.95. The topological polar surface area (TPSA) is 67.4 Å². The van der Waals surface area contributed by atoms with Crippen molar-refractivity contribution in [1.82, 2.24) is 10.9 Å². The van der Waals surface area contributed by atoms with Crippen LogP contribution in [0.4, 0.5) is 0 Å². The van der Waals surface area contributed by atoms with Gasteiger partial charge in [-0.2, -0.15) is 0 Å². The fourth-order valence-electron chi connectivity index (χ4n) is 1.76. The Morgan fingerprint density at radius 3 is 2.50 bits per heavy atom. The molecule has 5 heteroatoms. The quantitative estimate of drug-likeness (QED) is 0.833. The van der Waals surface area contributed by atoms with E-state index >= 15 is 0 Å². The summed E-state index contributed by atoms with van der Waals surface area (Å²) < 4.78 is 5.66. The van der Waals surface area contributed by atoms with Crippen molar-refractivity contribution in [2.24, 2.45) is 0 Å². The van der Waals surface area contributed by atoms with Crippen LogP contribution in [0, 0.1) is 0 Å². The molecular formula is C17H18N2O3. The third kappa shape index (κ3) is 4.63. The average Bonchev–Trinajstić information content (AvgIpc) is 2.58. The van der Waals surface area contributed by atoms with E-state index in [0.29, 0.717) is 24.3 Å². The number of carbonyl (C=O) groups excluding carboxylic acids is 2. The van der Waals surface area contributed by atoms with Crippen molar-refractivity contribution in [1.29, 1.82) is 0 Å². The van der Waals surface area contributed by atoms with Gasteiger partial charge in [-0.1, -0.05) is 43.3 Å². The summed E-state index contributed by atoms with van der Waals surface area (Å²) in [4.78, 5) is 23.0. The number of benzene rings is 2. The van der Waals surface area contributed by atoms with Crippen molar-refractivity contribution in [2.45, 2.75) is 20.0 Å². The monoisotopic (exact) mass is 298 g/mol. The molecule has 0 bridgehead atoms. The maximum atomic E-state index is 11.9. The molecule has 0 heterocycles. The van der Waals surface area contributed by atoms with E-state index < -0.39 is 0 Å². The van der Waals surface area contributed by atoms with E-state index in [1.807, 2.05) is 30.3 Å². The first-order valence-corrected chi connectivity index (χ1v) is 7.05. The van der Waals surface area contributed by atoms with Crippen LogP contribution in [-0.4, -0.2) is 11.8 Å². The van der Waals surface area contributed by atoms with Gasteiger partial charge in [0.1, 0.15) is 12.4 Å². The molecule has 0 aliphatic rings. The minimum absolute atomic E-state index is 0.246. The lowest BCUT2D eigenvalue weighted by atomic mass is 10.2. The maximum Gasteiger partial charge on any atom is 0.269 e. The van der Waals surface area contributed by atoms with Crippen molar-refractivity contribution >= 4 is 11.8 Å². The van der Waals surface area contributed by atoms with E-state index in [2.05, 4.69) is 10.9 Å². The number of rotatable bonds is 5. The van der Waals surface area contributed by atoms with Gasteiger partial charge in [-0.3, -0.25) is 20.4 Å². The lowest BCUT2D eigenvalue weighted by molar-refractivity contribution is -0.121. The van der Waals surface area contributed by atoms with Crippen LogP contribution in [0.2, 0.25) is 0 Å². The van der Waals surface area contributed by atoms with Crippen LogP contribution in [0.5, 0.6) is 5.75 Å². The zero-order valence-electron chi connectivity index (χ0n) is 12.3. The molecule has 0 fully saturated rings. The molecule has 2 rings (SSSR count). The van der Waals surface area contributed by atoms with Gasteiger partial charge >= 0.3 is 0 Å². The third-order valence-electron chi connectivity index (χ3n) is 2.98. The summed E-state index contributed by atoms with van der Waals surface area (Å²) in [6, 6.07) is 16.6. The lowest BCUT2D eigenvalue weighted by Gasteiger charge is -2.09. The lowest BCUT2D eigenvalue weighted by Crippen LogP contribution is -2.41. The Kier molecular flexibility index (Phi) is 5.54. The zero-order valence-corrected chi connectivity index (χ0v) is 12.3. The van der Waals surface area contributed by atoms with Gasteiger partial charge in [0.05, 0.1) is 0 Å². The molecule has 0 radical (unpaired) electrons. The van der Waals surface area contributed by atoms with Crippen LogP contribution < -0.4 is 15.6 Å². The van der Waals surface area contributed by atoms with Crippen molar-refractivity contribution in [3.8, 4) is 5.75 Å². The number of hydrazine groups is 1. The number of carbonyl (C=O) groups is 2. The number of hydrogen-bond donors (Lipinski definition) is 2. The molecule has 2 aromatic carbocycles. The summed E-state index contributed by atoms with van der Waals surface area (Å²) in [5.74, 6) is -0.0323. The molecule has 2 N–H and O–H groups in total. The average molecular weight is 298 g/mol. The van der Waals surface area contributed by atoms with Crippen molar-refractivity contribution < 1.29 is 14.3 Å². The Labute approximate surface area is 129 Å². The smallest absolute Gasteiger partial charge is 0.269 e. The molecule has 0 spiro atoms. The second-order valence-corrected chi connectivity index (χ2v) is 4.66. The second-order valence-electron chi connectivity index (χ2n) is 4.66. The van der Waals surface area contributed by atoms with Crippen molar-refractivity contribution in [3.05, 3.63) is 65.7 Å². The minimum Gasteiger partial charge on any atom is -0.489 e. The summed E-state index contributed by atoms with van der Waals surface area (Å²) in [6.45, 7) is 2.14. The summed E-state index contributed by atoms with van der Waals surface area (Å²) in [5.41, 5.74) is 6.15. The van der Waals surface area contributed by atoms with Crippen LogP contribution in [0.1, 0.15) is 29.3 Å². The summed E-state index contributed by atoms with van der Waals surface area (Å²) >= 11 is 0. The predicted octanol–water partition coefficient (Wildman–Crippen LogP) is 2.44. The number of ether oxygens (including phenoxy) is 1. The van der Waals surface area contributed by atoms with E-state index in [9.17, 15) is 9.59 Å². The summed E-state index contributed by atoms with van der Waals surface area (Å²) in [6.07, 6.45) is 0.306. The molecule has 0 saturated heterocycles. The Bertz CT molecular complexity index is 641. The normalized spacial score (nSPS) is 9.86. The fraction of sp³-hybridized carbons (Fsp3) is 0.176. The highest BCUT2D eigenvalue weighted by atomic mass is 16.5. The van der Waals surface area contributed by atoms with Gasteiger partial charge in [-0.25, -0.2) is 0 Å². The number of amides is 2. The predicted molar refractivity (Wildman–Crippen MR) is 83.1 cm³/mol. The largest absolute Gasteiger partial charge is 0.489 e. The maximum absolute atomic E-state index is 11.9. The Balaban J connectivity index is 1.94. The Morgan fingerprint density at radius 2 is 1.77 bits per heavy atom. The number of hydrogen-bond acceptors (Lipinski definition) is 3. The van der Waals surface area contributed by atoms with Crippen LogP contribution in [0.15, 0.2) is 54.6 Å². The summed E-state index contributed by atoms with van der Waals surface area (Å²) in [7, 11) is 0. The molecular weight excluding hydrogens is 280 g/mol. The van der Waals surface area contributed by atoms with Gasteiger partial charge in [0.15, 0.2) is 0 Å². The van der Waals surface area contributed by atoms with Gasteiger partial charge in [-0.05, 0) is 23.8 Å². The molecule has 0 unspecified atom stereocenters. The molecule has 114 valence electrons. The van der Waals surface area contributed by atoms with Gasteiger partial charge in [0.25, 0.3) is 5.91 Å². The molecule has 2 amide bonds. The molecule has 2 aromatic rings. The van der Waals surface area contributed by atoms with Crippen LogP contribution >= 0.6 is 0 Å². The Morgan fingerprint density at radius 1 is 1.00 bits per heavy atom. The van der Waals surface area contributed by atoms with E-state index in [-0.39, 0.29) is 11.8 Å². The SMILES string of the molecule is CCC(=O)NNC(=O)c1cccc(OCc2ccccc2)c1. The Hall–Kier alpha value is -2.82. The fourth-order valence-corrected chi connectivity index (χ4v) is 1.76. The molecule has 0 saturated carbocycles. The standard InChI is InChI=1S/C17H18N2O3/c1-2-16(20)18-19-17(21)14-9-6-10-15(11-14)22-12-13-7-4-3-5-8-13/h3-11H,2,12H2,1H3,(H,18,20)(H,19,21). The first kappa shape index (κ1) is 15.6.